The molecule has 2 aromatic heterocycles. The Balaban J connectivity index is 1.80. The molecule has 2 N–H and O–H groups in total. The first-order valence-corrected chi connectivity index (χ1v) is 8.98. The number of ether oxygens (including phenoxy) is 1. The minimum Gasteiger partial charge on any atom is -0.495 e. The number of nitrogens with one attached hydrogen (secondary N) is 2. The highest BCUT2D eigenvalue weighted by Gasteiger charge is 2.13. The standard InChI is InChI=1S/C20H20ClN5O2/c1-12-7-16(18(28-3)8-15(12)21)26-19-9-17(24-13(2)25-19)20(27)23-11-14-5-4-6-22-10-14/h4-10H,11H2,1-3H3,(H,23,27)(H,24,25,26). The van der Waals surface area contributed by atoms with Gasteiger partial charge in [0.05, 0.1) is 12.8 Å². The van der Waals surface area contributed by atoms with E-state index < -0.39 is 0 Å². The summed E-state index contributed by atoms with van der Waals surface area (Å²) < 4.78 is 5.37. The summed E-state index contributed by atoms with van der Waals surface area (Å²) >= 11 is 6.15. The molecule has 144 valence electrons. The number of anilines is 2. The summed E-state index contributed by atoms with van der Waals surface area (Å²) in [5, 5.41) is 6.62. The number of halogens is 1. The van der Waals surface area contributed by atoms with Crippen LogP contribution < -0.4 is 15.4 Å². The van der Waals surface area contributed by atoms with Gasteiger partial charge < -0.3 is 15.4 Å². The minimum atomic E-state index is -0.295. The number of methoxy groups -OCH3 is 1. The molecule has 3 rings (SSSR count). The Morgan fingerprint density at radius 3 is 2.75 bits per heavy atom. The molecular formula is C20H20ClN5O2. The van der Waals surface area contributed by atoms with Gasteiger partial charge in [0.1, 0.15) is 23.1 Å². The highest BCUT2D eigenvalue weighted by Crippen LogP contribution is 2.32. The third kappa shape index (κ3) is 4.75. The summed E-state index contributed by atoms with van der Waals surface area (Å²) in [6, 6.07) is 8.89. The molecule has 0 fully saturated rings. The van der Waals surface area contributed by atoms with Crippen molar-refractivity contribution in [2.24, 2.45) is 0 Å². The average Bonchev–Trinajstić information content (AvgIpc) is 2.69. The van der Waals surface area contributed by atoms with Crippen LogP contribution in [0.4, 0.5) is 11.5 Å². The summed E-state index contributed by atoms with van der Waals surface area (Å²) in [5.41, 5.74) is 2.76. The molecule has 2 heterocycles. The lowest BCUT2D eigenvalue weighted by Crippen LogP contribution is -2.24. The lowest BCUT2D eigenvalue weighted by Gasteiger charge is -2.13. The zero-order valence-corrected chi connectivity index (χ0v) is 16.5. The van der Waals surface area contributed by atoms with Crippen molar-refractivity contribution in [1.82, 2.24) is 20.3 Å². The van der Waals surface area contributed by atoms with Crippen molar-refractivity contribution in [2.75, 3.05) is 12.4 Å². The predicted octanol–water partition coefficient (Wildman–Crippen LogP) is 3.82. The van der Waals surface area contributed by atoms with Gasteiger partial charge in [-0.1, -0.05) is 17.7 Å². The maximum Gasteiger partial charge on any atom is 0.270 e. The van der Waals surface area contributed by atoms with Gasteiger partial charge in [0.2, 0.25) is 0 Å². The smallest absolute Gasteiger partial charge is 0.270 e. The highest BCUT2D eigenvalue weighted by atomic mass is 35.5. The molecule has 0 aliphatic carbocycles. The zero-order valence-electron chi connectivity index (χ0n) is 15.8. The summed E-state index contributed by atoms with van der Waals surface area (Å²) in [6.45, 7) is 3.99. The fourth-order valence-electron chi connectivity index (χ4n) is 2.59. The maximum atomic E-state index is 12.5. The number of aryl methyl sites for hydroxylation is 2. The number of hydrogen-bond donors (Lipinski definition) is 2. The number of benzene rings is 1. The second-order valence-electron chi connectivity index (χ2n) is 6.16. The Hall–Kier alpha value is -3.19. The molecular weight excluding hydrogens is 378 g/mol. The van der Waals surface area contributed by atoms with Crippen LogP contribution in [0.25, 0.3) is 0 Å². The quantitative estimate of drug-likeness (QED) is 0.657. The van der Waals surface area contributed by atoms with E-state index in [1.807, 2.05) is 25.1 Å². The van der Waals surface area contributed by atoms with E-state index in [2.05, 4.69) is 25.6 Å². The lowest BCUT2D eigenvalue weighted by molar-refractivity contribution is 0.0945. The molecule has 28 heavy (non-hydrogen) atoms. The van der Waals surface area contributed by atoms with Crippen molar-refractivity contribution >= 4 is 29.0 Å². The molecule has 0 bridgehead atoms. The predicted molar refractivity (Wildman–Crippen MR) is 108 cm³/mol. The molecule has 0 radical (unpaired) electrons. The Bertz CT molecular complexity index is 995. The van der Waals surface area contributed by atoms with Crippen molar-refractivity contribution in [1.29, 1.82) is 0 Å². The number of rotatable bonds is 6. The number of amides is 1. The number of nitrogens with zero attached hydrogens (tertiary/aromatic N) is 3. The maximum absolute atomic E-state index is 12.5. The average molecular weight is 398 g/mol. The molecule has 1 aromatic carbocycles. The van der Waals surface area contributed by atoms with Crippen molar-refractivity contribution < 1.29 is 9.53 Å². The molecule has 1 amide bonds. The van der Waals surface area contributed by atoms with Crippen LogP contribution in [0.5, 0.6) is 5.75 Å². The van der Waals surface area contributed by atoms with Crippen LogP contribution in [-0.4, -0.2) is 28.0 Å². The normalized spacial score (nSPS) is 10.4. The minimum absolute atomic E-state index is 0.267. The van der Waals surface area contributed by atoms with E-state index in [1.54, 1.807) is 38.6 Å². The Morgan fingerprint density at radius 1 is 1.21 bits per heavy atom. The van der Waals surface area contributed by atoms with Crippen LogP contribution >= 0.6 is 11.6 Å². The van der Waals surface area contributed by atoms with E-state index in [0.29, 0.717) is 34.6 Å². The molecule has 0 aliphatic rings. The van der Waals surface area contributed by atoms with Gasteiger partial charge in [0.25, 0.3) is 5.91 Å². The second kappa shape index (κ2) is 8.67. The van der Waals surface area contributed by atoms with Crippen LogP contribution in [0, 0.1) is 13.8 Å². The molecule has 7 nitrogen and oxygen atoms in total. The largest absolute Gasteiger partial charge is 0.495 e. The molecule has 0 saturated heterocycles. The van der Waals surface area contributed by atoms with Crippen molar-refractivity contribution in [3.63, 3.8) is 0 Å². The number of hydrogen-bond acceptors (Lipinski definition) is 6. The molecule has 0 saturated carbocycles. The summed E-state index contributed by atoms with van der Waals surface area (Å²) in [4.78, 5) is 25.1. The molecule has 0 aliphatic heterocycles. The van der Waals surface area contributed by atoms with E-state index in [4.69, 9.17) is 16.3 Å². The van der Waals surface area contributed by atoms with E-state index >= 15 is 0 Å². The molecule has 0 unspecified atom stereocenters. The van der Waals surface area contributed by atoms with E-state index in [-0.39, 0.29) is 11.6 Å². The number of pyridine rings is 1. The first-order chi connectivity index (χ1) is 13.5. The van der Waals surface area contributed by atoms with Gasteiger partial charge >= 0.3 is 0 Å². The SMILES string of the molecule is COc1cc(Cl)c(C)cc1Nc1cc(C(=O)NCc2cccnc2)nc(C)n1. The first-order valence-electron chi connectivity index (χ1n) is 8.60. The number of carbonyl (C=O) groups excluding carboxylic acids is 1. The highest BCUT2D eigenvalue weighted by molar-refractivity contribution is 6.31. The lowest BCUT2D eigenvalue weighted by atomic mass is 10.2. The Labute approximate surface area is 168 Å². The topological polar surface area (TPSA) is 89.0 Å². The van der Waals surface area contributed by atoms with E-state index in [1.165, 1.54) is 0 Å². The van der Waals surface area contributed by atoms with Gasteiger partial charge in [0.15, 0.2) is 0 Å². The Kier molecular flexibility index (Phi) is 6.06. The third-order valence-electron chi connectivity index (χ3n) is 3.99. The monoisotopic (exact) mass is 397 g/mol. The van der Waals surface area contributed by atoms with Crippen LogP contribution in [0.2, 0.25) is 5.02 Å². The van der Waals surface area contributed by atoms with Gasteiger partial charge in [-0.25, -0.2) is 9.97 Å². The van der Waals surface area contributed by atoms with Gasteiger partial charge in [-0.15, -0.1) is 0 Å². The van der Waals surface area contributed by atoms with Gasteiger partial charge in [-0.3, -0.25) is 9.78 Å². The molecule has 3 aromatic rings. The molecule has 0 atom stereocenters. The van der Waals surface area contributed by atoms with Gasteiger partial charge in [0, 0.05) is 36.1 Å². The Morgan fingerprint density at radius 2 is 2.04 bits per heavy atom. The van der Waals surface area contributed by atoms with Crippen LogP contribution in [0.3, 0.4) is 0 Å². The van der Waals surface area contributed by atoms with Crippen molar-refractivity contribution in [2.45, 2.75) is 20.4 Å². The summed E-state index contributed by atoms with van der Waals surface area (Å²) in [5.74, 6) is 1.24. The summed E-state index contributed by atoms with van der Waals surface area (Å²) in [7, 11) is 1.56. The third-order valence-corrected chi connectivity index (χ3v) is 4.40. The fraction of sp³-hybridized carbons (Fsp3) is 0.200. The number of carbonyl (C=O) groups is 1. The molecule has 8 heteroatoms. The van der Waals surface area contributed by atoms with Crippen molar-refractivity contribution in [3.05, 3.63) is 70.4 Å². The van der Waals surface area contributed by atoms with Crippen LogP contribution in [-0.2, 0) is 6.54 Å². The fourth-order valence-corrected chi connectivity index (χ4v) is 2.75. The van der Waals surface area contributed by atoms with Crippen LogP contribution in [0.15, 0.2) is 42.7 Å². The van der Waals surface area contributed by atoms with E-state index in [9.17, 15) is 4.79 Å². The number of aromatic nitrogens is 3. The van der Waals surface area contributed by atoms with Crippen molar-refractivity contribution in [3.8, 4) is 5.75 Å². The second-order valence-corrected chi connectivity index (χ2v) is 6.56. The first kappa shape index (κ1) is 19.6. The molecule has 0 spiro atoms. The van der Waals surface area contributed by atoms with Gasteiger partial charge in [-0.2, -0.15) is 0 Å². The summed E-state index contributed by atoms with van der Waals surface area (Å²) in [6.07, 6.45) is 3.39. The zero-order chi connectivity index (χ0) is 20.1. The van der Waals surface area contributed by atoms with Crippen LogP contribution in [0.1, 0.15) is 27.4 Å². The van der Waals surface area contributed by atoms with Gasteiger partial charge in [-0.05, 0) is 37.1 Å². The van der Waals surface area contributed by atoms with E-state index in [0.717, 1.165) is 11.1 Å².